The second-order valence-electron chi connectivity index (χ2n) is 11.2. The Balaban J connectivity index is 1.21. The van der Waals surface area contributed by atoms with Gasteiger partial charge in [0, 0.05) is 51.7 Å². The number of hydrogen-bond donors (Lipinski definition) is 0. The van der Waals surface area contributed by atoms with Crippen molar-refractivity contribution >= 4 is 29.3 Å². The Morgan fingerprint density at radius 1 is 0.902 bits per heavy atom. The van der Waals surface area contributed by atoms with Gasteiger partial charge in [-0.1, -0.05) is 18.2 Å². The first-order valence-electron chi connectivity index (χ1n) is 14.9. The monoisotopic (exact) mass is 562 g/mol. The molecule has 1 atom stereocenters. The van der Waals surface area contributed by atoms with E-state index in [0.717, 1.165) is 24.1 Å². The molecule has 0 aliphatic carbocycles. The summed E-state index contributed by atoms with van der Waals surface area (Å²) in [5, 5.41) is 0. The van der Waals surface area contributed by atoms with Crippen molar-refractivity contribution in [2.24, 2.45) is 11.8 Å². The van der Waals surface area contributed by atoms with E-state index in [1.54, 1.807) is 24.3 Å². The molecule has 2 fully saturated rings. The highest BCUT2D eigenvalue weighted by Gasteiger charge is 2.40. The number of amides is 4. The second kappa shape index (κ2) is 12.4. The van der Waals surface area contributed by atoms with Gasteiger partial charge in [-0.2, -0.15) is 0 Å². The largest absolute Gasteiger partial charge is 0.371 e. The normalized spacial score (nSPS) is 19.5. The van der Waals surface area contributed by atoms with Crippen molar-refractivity contribution in [3.8, 4) is 0 Å². The molecule has 3 aliphatic rings. The molecule has 0 radical (unpaired) electrons. The van der Waals surface area contributed by atoms with E-state index >= 15 is 0 Å². The number of carbonyl (C=O) groups excluding carboxylic acids is 4. The van der Waals surface area contributed by atoms with Crippen LogP contribution in [0.1, 0.15) is 65.8 Å². The molecule has 2 aromatic rings. The third-order valence-corrected chi connectivity index (χ3v) is 8.86. The van der Waals surface area contributed by atoms with Crippen molar-refractivity contribution in [3.05, 3.63) is 65.0 Å². The molecule has 0 aromatic heterocycles. The first-order chi connectivity index (χ1) is 19.8. The first kappa shape index (κ1) is 28.8. The number of nitrogens with zero attached hydrogens (tertiary/aromatic N) is 4. The Kier molecular flexibility index (Phi) is 8.71. The summed E-state index contributed by atoms with van der Waals surface area (Å²) < 4.78 is 13.3. The summed E-state index contributed by atoms with van der Waals surface area (Å²) in [6.07, 6.45) is 3.43. The second-order valence-corrected chi connectivity index (χ2v) is 11.2. The fourth-order valence-electron chi connectivity index (χ4n) is 6.47. The molecule has 0 bridgehead atoms. The molecule has 3 aliphatic heterocycles. The van der Waals surface area contributed by atoms with Crippen molar-refractivity contribution in [2.75, 3.05) is 50.7 Å². The molecule has 0 spiro atoms. The summed E-state index contributed by atoms with van der Waals surface area (Å²) in [5.74, 6) is -0.917. The summed E-state index contributed by atoms with van der Waals surface area (Å²) in [7, 11) is 0. The van der Waals surface area contributed by atoms with Crippen LogP contribution in [0.5, 0.6) is 0 Å². The zero-order valence-corrected chi connectivity index (χ0v) is 24.0. The molecule has 4 amide bonds. The van der Waals surface area contributed by atoms with Gasteiger partial charge in [0.1, 0.15) is 5.82 Å². The van der Waals surface area contributed by atoms with Gasteiger partial charge in [-0.25, -0.2) is 4.39 Å². The number of imide groups is 1. The highest BCUT2D eigenvalue weighted by molar-refractivity contribution is 6.23. The predicted molar refractivity (Wildman–Crippen MR) is 154 cm³/mol. The van der Waals surface area contributed by atoms with Crippen molar-refractivity contribution in [1.82, 2.24) is 14.7 Å². The minimum atomic E-state index is -0.324. The van der Waals surface area contributed by atoms with Gasteiger partial charge in [-0.15, -0.1) is 0 Å². The maximum absolute atomic E-state index is 13.5. The lowest BCUT2D eigenvalue weighted by Crippen LogP contribution is -2.49. The molecule has 41 heavy (non-hydrogen) atoms. The van der Waals surface area contributed by atoms with Crippen molar-refractivity contribution in [1.29, 1.82) is 0 Å². The predicted octanol–water partition coefficient (Wildman–Crippen LogP) is 3.99. The Labute approximate surface area is 241 Å². The van der Waals surface area contributed by atoms with E-state index in [1.165, 1.54) is 17.0 Å². The molecule has 9 heteroatoms. The summed E-state index contributed by atoms with van der Waals surface area (Å²) in [6, 6.07) is 11.5. The van der Waals surface area contributed by atoms with Gasteiger partial charge in [0.05, 0.1) is 22.7 Å². The van der Waals surface area contributed by atoms with Crippen LogP contribution in [0.2, 0.25) is 0 Å². The Morgan fingerprint density at radius 3 is 2.29 bits per heavy atom. The van der Waals surface area contributed by atoms with E-state index in [2.05, 4.69) is 4.90 Å². The molecule has 2 saturated heterocycles. The minimum absolute atomic E-state index is 0.116. The quantitative estimate of drug-likeness (QED) is 0.455. The SMILES string of the molecule is CCN(CC)C(=O)C1CCCN(C(=O)C2CCN(c3cccc4c3C(=O)N(CCc3ccc(F)cc3)C4=O)CC2)C1. The number of carbonyl (C=O) groups is 4. The molecule has 1 unspecified atom stereocenters. The number of hydrogen-bond acceptors (Lipinski definition) is 5. The number of benzene rings is 2. The van der Waals surface area contributed by atoms with Crippen LogP contribution in [0, 0.1) is 17.7 Å². The van der Waals surface area contributed by atoms with E-state index in [4.69, 9.17) is 0 Å². The van der Waals surface area contributed by atoms with Crippen LogP contribution in [0.3, 0.4) is 0 Å². The summed E-state index contributed by atoms with van der Waals surface area (Å²) in [5.41, 5.74) is 2.42. The number of anilines is 1. The summed E-state index contributed by atoms with van der Waals surface area (Å²) >= 11 is 0. The van der Waals surface area contributed by atoms with E-state index in [1.807, 2.05) is 29.7 Å². The third kappa shape index (κ3) is 5.85. The van der Waals surface area contributed by atoms with Crippen LogP contribution in [0.4, 0.5) is 10.1 Å². The number of likely N-dealkylation sites (tertiary alicyclic amines) is 1. The zero-order chi connectivity index (χ0) is 29.1. The highest BCUT2D eigenvalue weighted by atomic mass is 19.1. The van der Waals surface area contributed by atoms with Gasteiger partial charge in [0.25, 0.3) is 11.8 Å². The average molecular weight is 563 g/mol. The van der Waals surface area contributed by atoms with Crippen molar-refractivity contribution in [3.63, 3.8) is 0 Å². The molecular weight excluding hydrogens is 523 g/mol. The number of rotatable bonds is 8. The van der Waals surface area contributed by atoms with Crippen LogP contribution >= 0.6 is 0 Å². The van der Waals surface area contributed by atoms with E-state index in [9.17, 15) is 23.6 Å². The van der Waals surface area contributed by atoms with Gasteiger partial charge >= 0.3 is 0 Å². The van der Waals surface area contributed by atoms with Crippen LogP contribution in [0.15, 0.2) is 42.5 Å². The average Bonchev–Trinajstić information content (AvgIpc) is 3.26. The lowest BCUT2D eigenvalue weighted by molar-refractivity contribution is -0.143. The van der Waals surface area contributed by atoms with Crippen LogP contribution in [-0.4, -0.2) is 84.1 Å². The van der Waals surface area contributed by atoms with Crippen LogP contribution < -0.4 is 4.90 Å². The van der Waals surface area contributed by atoms with Crippen LogP contribution in [-0.2, 0) is 16.0 Å². The van der Waals surface area contributed by atoms with Gasteiger partial charge in [-0.3, -0.25) is 24.1 Å². The molecular formula is C32H39FN4O4. The number of fused-ring (bicyclic) bond motifs is 1. The molecule has 0 saturated carbocycles. The lowest BCUT2D eigenvalue weighted by atomic mass is 9.91. The lowest BCUT2D eigenvalue weighted by Gasteiger charge is -2.39. The fourth-order valence-corrected chi connectivity index (χ4v) is 6.47. The molecule has 218 valence electrons. The Hall–Kier alpha value is -3.75. The smallest absolute Gasteiger partial charge is 0.263 e. The molecule has 3 heterocycles. The molecule has 8 nitrogen and oxygen atoms in total. The summed E-state index contributed by atoms with van der Waals surface area (Å²) in [4.78, 5) is 60.1. The molecule has 2 aromatic carbocycles. The van der Waals surface area contributed by atoms with E-state index < -0.39 is 0 Å². The van der Waals surface area contributed by atoms with E-state index in [-0.39, 0.29) is 47.8 Å². The Bertz CT molecular complexity index is 1300. The molecule has 5 rings (SSSR count). The van der Waals surface area contributed by atoms with Gasteiger partial charge < -0.3 is 14.7 Å². The van der Waals surface area contributed by atoms with Gasteiger partial charge in [-0.05, 0) is 75.8 Å². The van der Waals surface area contributed by atoms with Crippen molar-refractivity contribution < 1.29 is 23.6 Å². The molecule has 0 N–H and O–H groups in total. The first-order valence-corrected chi connectivity index (χ1v) is 14.9. The van der Waals surface area contributed by atoms with Crippen LogP contribution in [0.25, 0.3) is 0 Å². The Morgan fingerprint density at radius 2 is 1.61 bits per heavy atom. The zero-order valence-electron chi connectivity index (χ0n) is 24.0. The minimum Gasteiger partial charge on any atom is -0.371 e. The highest BCUT2D eigenvalue weighted by Crippen LogP contribution is 2.35. The standard InChI is InChI=1S/C32H39FN4O4/c1-3-34(4-2)30(39)24-7-6-17-36(21-24)29(38)23-15-18-35(19-16-23)27-9-5-8-26-28(27)32(41)37(31(26)40)20-14-22-10-12-25(33)13-11-22/h5,8-13,23-24H,3-4,6-7,14-21H2,1-2H3. The third-order valence-electron chi connectivity index (χ3n) is 8.86. The van der Waals surface area contributed by atoms with E-state index in [0.29, 0.717) is 69.7 Å². The topological polar surface area (TPSA) is 81.2 Å². The number of halogens is 1. The maximum Gasteiger partial charge on any atom is 0.263 e. The van der Waals surface area contributed by atoms with Gasteiger partial charge in [0.2, 0.25) is 11.8 Å². The van der Waals surface area contributed by atoms with Gasteiger partial charge in [0.15, 0.2) is 0 Å². The summed E-state index contributed by atoms with van der Waals surface area (Å²) in [6.45, 7) is 7.96. The number of piperidine rings is 2. The van der Waals surface area contributed by atoms with Crippen molar-refractivity contribution in [2.45, 2.75) is 46.0 Å². The maximum atomic E-state index is 13.5. The fraction of sp³-hybridized carbons (Fsp3) is 0.500.